The molecule has 98 valence electrons. The molecular formula is C9H17NO4RfS2-2. The number of hydrogen-bond acceptors (Lipinski definition) is 5. The molecule has 0 aliphatic carbocycles. The van der Waals surface area contributed by atoms with Gasteiger partial charge in [0.2, 0.25) is 5.91 Å². The predicted octanol–water partition coefficient (Wildman–Crippen LogP) is 0.384. The molecule has 0 fully saturated rings. The molecule has 0 atom stereocenters. The smallest absolute Gasteiger partial charge is 0.221 e. The summed E-state index contributed by atoms with van der Waals surface area (Å²) in [5.41, 5.74) is -1.02. The molecule has 0 aliphatic rings. The van der Waals surface area contributed by atoms with Crippen LogP contribution in [0.25, 0.3) is 0 Å². The fraction of sp³-hybridized carbons (Fsp3) is 0.778. The van der Waals surface area contributed by atoms with Crippen LogP contribution in [-0.4, -0.2) is 41.7 Å². The van der Waals surface area contributed by atoms with Gasteiger partial charge in [0.1, 0.15) is 0 Å². The Labute approximate surface area is 101 Å². The molecule has 8 heteroatoms. The Kier molecular flexibility index (Phi) is 7.60. The van der Waals surface area contributed by atoms with Crippen LogP contribution < -0.4 is 5.32 Å². The molecule has 0 rings (SSSR count). The van der Waals surface area contributed by atoms with Crippen LogP contribution in [0.4, 0.5) is 0 Å². The van der Waals surface area contributed by atoms with Gasteiger partial charge in [0.05, 0.1) is 15.9 Å². The van der Waals surface area contributed by atoms with E-state index in [0.717, 1.165) is 0 Å². The maximum atomic E-state index is 11.4. The Hall–Kier alpha value is -1.27. The molecule has 5 nitrogen and oxygen atoms in total. The van der Waals surface area contributed by atoms with Crippen molar-refractivity contribution in [3.8, 4) is 0 Å². The van der Waals surface area contributed by atoms with E-state index >= 15 is 0 Å². The SMILES string of the molecule is [CH2-]CSCCC(=O)NC(C)(C)CS(=O)(=O)[O-].[Rf]. The number of carbonyl (C=O) groups is 1. The Morgan fingerprint density at radius 3 is 2.41 bits per heavy atom. The minimum Gasteiger partial charge on any atom is -0.748 e. The number of nitrogens with one attached hydrogen (secondary N) is 1. The van der Waals surface area contributed by atoms with Crippen molar-refractivity contribution in [2.24, 2.45) is 0 Å². The van der Waals surface area contributed by atoms with Crippen molar-refractivity contribution in [3.05, 3.63) is 6.92 Å². The van der Waals surface area contributed by atoms with Crippen LogP contribution in [-0.2, 0) is 14.9 Å². The van der Waals surface area contributed by atoms with Gasteiger partial charge < -0.3 is 16.8 Å². The minimum atomic E-state index is -4.33. The second kappa shape index (κ2) is 7.13. The Morgan fingerprint density at radius 2 is 2.00 bits per heavy atom. The monoisotopic (exact) mass is 534 g/mol. The minimum absolute atomic E-state index is 0. The summed E-state index contributed by atoms with van der Waals surface area (Å²) in [4.78, 5) is 11.4. The Balaban J connectivity index is 0. The van der Waals surface area contributed by atoms with Crippen LogP contribution in [0.1, 0.15) is 20.3 Å². The molecule has 0 aromatic rings. The first kappa shape index (κ1) is 18.1. The van der Waals surface area contributed by atoms with Gasteiger partial charge in [0.15, 0.2) is 0 Å². The largest absolute Gasteiger partial charge is 0.748 e. The third-order valence-corrected chi connectivity index (χ3v) is 3.49. The predicted molar refractivity (Wildman–Crippen MR) is 64.1 cm³/mol. The Morgan fingerprint density at radius 1 is 1.47 bits per heavy atom. The van der Waals surface area contributed by atoms with E-state index in [4.69, 9.17) is 0 Å². The molecule has 0 spiro atoms. The summed E-state index contributed by atoms with van der Waals surface area (Å²) >= 11 is 1.52. The van der Waals surface area contributed by atoms with Gasteiger partial charge in [-0.3, -0.25) is 4.79 Å². The van der Waals surface area contributed by atoms with E-state index in [0.29, 0.717) is 17.9 Å². The van der Waals surface area contributed by atoms with E-state index in [-0.39, 0.29) is 5.91 Å². The molecule has 0 heterocycles. The second-order valence-electron chi connectivity index (χ2n) is 4.00. The zero-order valence-electron chi connectivity index (χ0n) is 10.2. The number of carbonyl (C=O) groups excluding carboxylic acids is 1. The molecule has 0 saturated carbocycles. The number of hydrogen-bond donors (Lipinski definition) is 1. The van der Waals surface area contributed by atoms with Gasteiger partial charge in [-0.1, -0.05) is 0 Å². The van der Waals surface area contributed by atoms with Gasteiger partial charge in [0, 0.05) is 12.0 Å². The summed E-state index contributed by atoms with van der Waals surface area (Å²) in [5.74, 6) is 0.463. The summed E-state index contributed by atoms with van der Waals surface area (Å²) in [6.07, 6.45) is 0.294. The van der Waals surface area contributed by atoms with Gasteiger partial charge >= 0.3 is 0 Å². The van der Waals surface area contributed by atoms with Crippen molar-refractivity contribution < 1.29 is 17.8 Å². The van der Waals surface area contributed by atoms with Crippen LogP contribution in [0.3, 0.4) is 0 Å². The van der Waals surface area contributed by atoms with E-state index in [1.54, 1.807) is 0 Å². The summed E-state index contributed by atoms with van der Waals surface area (Å²) in [6.45, 7) is 6.63. The molecule has 1 amide bonds. The molecule has 0 saturated heterocycles. The van der Waals surface area contributed by atoms with Gasteiger partial charge in [-0.15, -0.1) is 5.75 Å². The molecule has 0 unspecified atom stereocenters. The first-order chi connectivity index (χ1) is 7.16. The average Bonchev–Trinajstić information content (AvgIpc) is 1.98. The number of rotatable bonds is 7. The Bertz CT molecular complexity index is 330. The van der Waals surface area contributed by atoms with Crippen LogP contribution in [0, 0.1) is 6.92 Å². The van der Waals surface area contributed by atoms with Crippen molar-refractivity contribution in [3.63, 3.8) is 0 Å². The summed E-state index contributed by atoms with van der Waals surface area (Å²) in [6, 6.07) is 0. The molecule has 1 N–H and O–H groups in total. The van der Waals surface area contributed by atoms with E-state index in [1.165, 1.54) is 25.6 Å². The van der Waals surface area contributed by atoms with E-state index in [2.05, 4.69) is 12.2 Å². The first-order valence-corrected chi connectivity index (χ1v) is 7.51. The van der Waals surface area contributed by atoms with Crippen molar-refractivity contribution in [1.29, 1.82) is 0 Å². The third-order valence-electron chi connectivity index (χ3n) is 1.63. The molecule has 17 heavy (non-hydrogen) atoms. The van der Waals surface area contributed by atoms with Gasteiger partial charge in [-0.05, 0) is 19.6 Å². The topological polar surface area (TPSA) is 86.3 Å². The van der Waals surface area contributed by atoms with Crippen LogP contribution in [0.5, 0.6) is 0 Å². The van der Waals surface area contributed by atoms with Crippen molar-refractivity contribution in [2.45, 2.75) is 25.8 Å². The van der Waals surface area contributed by atoms with E-state index in [1.807, 2.05) is 0 Å². The molecule has 0 aliphatic heterocycles. The molecule has 0 bridgehead atoms. The fourth-order valence-corrected chi connectivity index (χ4v) is 2.67. The maximum Gasteiger partial charge on any atom is 0.221 e. The van der Waals surface area contributed by atoms with Gasteiger partial charge in [-0.2, -0.15) is 11.8 Å². The van der Waals surface area contributed by atoms with Crippen molar-refractivity contribution >= 4 is 27.8 Å². The van der Waals surface area contributed by atoms with Crippen molar-refractivity contribution in [2.75, 3.05) is 17.3 Å². The first-order valence-electron chi connectivity index (χ1n) is 4.78. The maximum absolute atomic E-state index is 11.4. The zero-order valence-corrected chi connectivity index (χ0v) is 18.2. The summed E-state index contributed by atoms with van der Waals surface area (Å²) in [7, 11) is -4.33. The fourth-order valence-electron chi connectivity index (χ4n) is 1.18. The van der Waals surface area contributed by atoms with Crippen LogP contribution >= 0.6 is 11.8 Å². The molecule has 0 radical (unpaired) electrons. The van der Waals surface area contributed by atoms with Crippen molar-refractivity contribution in [1.82, 2.24) is 5.32 Å². The molecule has 0 aromatic heterocycles. The number of thioether (sulfide) groups is 1. The summed E-state index contributed by atoms with van der Waals surface area (Å²) in [5, 5.41) is 2.52. The molecule has 0 aromatic carbocycles. The standard InChI is InChI=1S/C9H18NO4S2.Rf/c1-4-15-6-5-8(11)10-9(2,3)7-16(12,13)14;/h1,4-7H2,2-3H3,(H,10,11)(H,12,13,14);/q-1;/p-1. The summed E-state index contributed by atoms with van der Waals surface area (Å²) < 4.78 is 31.7. The van der Waals surface area contributed by atoms with Crippen LogP contribution in [0.2, 0.25) is 0 Å². The quantitative estimate of drug-likeness (QED) is 0.290. The average molecular weight is 534 g/mol. The van der Waals surface area contributed by atoms with Crippen LogP contribution in [0.15, 0.2) is 0 Å². The van der Waals surface area contributed by atoms with Gasteiger partial charge in [-0.25, -0.2) is 8.42 Å². The third kappa shape index (κ3) is 11.0. The zero-order chi connectivity index (χ0) is 12.8. The normalized spacial score (nSPS) is 11.8. The number of amides is 1. The van der Waals surface area contributed by atoms with E-state index in [9.17, 15) is 17.8 Å². The van der Waals surface area contributed by atoms with Gasteiger partial charge in [0.25, 0.3) is 0 Å². The van der Waals surface area contributed by atoms with E-state index < -0.39 is 21.4 Å². The second-order valence-corrected chi connectivity index (χ2v) is 6.63. The molecular weight excluding hydrogens is 517 g/mol.